The van der Waals surface area contributed by atoms with E-state index in [-0.39, 0.29) is 12.5 Å². The van der Waals surface area contributed by atoms with Gasteiger partial charge in [-0.3, -0.25) is 0 Å². The minimum Gasteiger partial charge on any atom is -0.482 e. The molecule has 0 spiro atoms. The number of ether oxygens (including phenoxy) is 1. The van der Waals surface area contributed by atoms with Crippen molar-refractivity contribution in [2.45, 2.75) is 44.4 Å². The van der Waals surface area contributed by atoms with Crippen LogP contribution in [0.2, 0.25) is 0 Å². The van der Waals surface area contributed by atoms with Gasteiger partial charge in [0.15, 0.2) is 18.3 Å². The van der Waals surface area contributed by atoms with Crippen molar-refractivity contribution >= 4 is 5.97 Å². The molecule has 36 heavy (non-hydrogen) atoms. The predicted octanol–water partition coefficient (Wildman–Crippen LogP) is 7.38. The van der Waals surface area contributed by atoms with Crippen LogP contribution in [0.5, 0.6) is 5.75 Å². The first-order valence-electron chi connectivity index (χ1n) is 12.7. The summed E-state index contributed by atoms with van der Waals surface area (Å²) < 4.78 is 12.0. The molecule has 2 unspecified atom stereocenters. The number of aliphatic carboxylic acids is 1. The molecule has 5 rings (SSSR count). The van der Waals surface area contributed by atoms with E-state index in [4.69, 9.17) is 19.2 Å². The molecule has 1 aliphatic carbocycles. The van der Waals surface area contributed by atoms with Gasteiger partial charge in [-0.25, -0.2) is 9.78 Å². The van der Waals surface area contributed by atoms with E-state index in [9.17, 15) is 4.79 Å². The van der Waals surface area contributed by atoms with Crippen molar-refractivity contribution in [2.24, 2.45) is 5.92 Å². The first-order chi connectivity index (χ1) is 17.7. The molecule has 5 nitrogen and oxygen atoms in total. The van der Waals surface area contributed by atoms with Gasteiger partial charge in [-0.15, -0.1) is 0 Å². The fourth-order valence-corrected chi connectivity index (χ4v) is 5.24. The van der Waals surface area contributed by atoms with Gasteiger partial charge in [0.1, 0.15) is 11.4 Å². The summed E-state index contributed by atoms with van der Waals surface area (Å²) in [5.41, 5.74) is 4.13. The highest BCUT2D eigenvalue weighted by Crippen LogP contribution is 2.42. The molecule has 1 fully saturated rings. The Labute approximate surface area is 211 Å². The summed E-state index contributed by atoms with van der Waals surface area (Å²) in [6.45, 7) is -0.337. The highest BCUT2D eigenvalue weighted by atomic mass is 16.5. The van der Waals surface area contributed by atoms with Gasteiger partial charge < -0.3 is 14.3 Å². The molecular weight excluding hydrogens is 450 g/mol. The van der Waals surface area contributed by atoms with Crippen LogP contribution in [-0.2, 0) is 11.2 Å². The number of nitrogens with zero attached hydrogens (tertiary/aromatic N) is 1. The lowest BCUT2D eigenvalue weighted by molar-refractivity contribution is -0.139. The lowest BCUT2D eigenvalue weighted by Crippen LogP contribution is -2.15. The van der Waals surface area contributed by atoms with Gasteiger partial charge in [-0.05, 0) is 42.9 Å². The highest BCUT2D eigenvalue weighted by molar-refractivity contribution is 5.76. The van der Waals surface area contributed by atoms with Crippen molar-refractivity contribution < 1.29 is 19.1 Å². The topological polar surface area (TPSA) is 72.6 Å². The van der Waals surface area contributed by atoms with Gasteiger partial charge in [-0.1, -0.05) is 92.1 Å². The van der Waals surface area contributed by atoms with Crippen molar-refractivity contribution in [3.8, 4) is 28.3 Å². The fraction of sp³-hybridized carbons (Fsp3) is 0.290. The molecule has 184 valence electrons. The number of benzene rings is 3. The smallest absolute Gasteiger partial charge is 0.341 e. The Morgan fingerprint density at radius 1 is 0.889 bits per heavy atom. The number of carboxylic acids is 1. The second kappa shape index (κ2) is 11.3. The number of carboxylic acid groups (broad SMARTS) is 1. The molecule has 1 aliphatic rings. The molecule has 4 aromatic rings. The average molecular weight is 482 g/mol. The Kier molecular flexibility index (Phi) is 7.46. The van der Waals surface area contributed by atoms with Crippen molar-refractivity contribution in [3.05, 3.63) is 96.4 Å². The van der Waals surface area contributed by atoms with Gasteiger partial charge in [0, 0.05) is 17.0 Å². The zero-order valence-electron chi connectivity index (χ0n) is 20.3. The molecule has 0 bridgehead atoms. The summed E-state index contributed by atoms with van der Waals surface area (Å²) in [7, 11) is 0. The molecule has 1 N–H and O–H groups in total. The number of oxazole rings is 1. The van der Waals surface area contributed by atoms with Gasteiger partial charge in [0.05, 0.1) is 0 Å². The molecule has 0 amide bonds. The van der Waals surface area contributed by atoms with Crippen LogP contribution >= 0.6 is 0 Å². The number of carbonyl (C=O) groups is 1. The van der Waals surface area contributed by atoms with E-state index < -0.39 is 5.97 Å². The third kappa shape index (κ3) is 5.68. The maximum Gasteiger partial charge on any atom is 0.341 e. The zero-order valence-corrected chi connectivity index (χ0v) is 20.3. The van der Waals surface area contributed by atoms with Crippen LogP contribution in [0.4, 0.5) is 0 Å². The van der Waals surface area contributed by atoms with Gasteiger partial charge in [-0.2, -0.15) is 0 Å². The second-order valence-electron chi connectivity index (χ2n) is 9.50. The van der Waals surface area contributed by atoms with Crippen LogP contribution in [0, 0.1) is 5.92 Å². The van der Waals surface area contributed by atoms with Gasteiger partial charge in [0.25, 0.3) is 0 Å². The maximum atomic E-state index is 10.9. The normalized spacial score (nSPS) is 17.9. The number of rotatable bonds is 8. The summed E-state index contributed by atoms with van der Waals surface area (Å²) in [5.74, 6) is 1.86. The van der Waals surface area contributed by atoms with Crippen molar-refractivity contribution in [3.63, 3.8) is 0 Å². The number of hydrogen-bond acceptors (Lipinski definition) is 4. The van der Waals surface area contributed by atoms with E-state index in [0.717, 1.165) is 59.7 Å². The van der Waals surface area contributed by atoms with Crippen LogP contribution < -0.4 is 4.74 Å². The van der Waals surface area contributed by atoms with Crippen LogP contribution in [0.3, 0.4) is 0 Å². The summed E-state index contributed by atoms with van der Waals surface area (Å²) in [6, 6.07) is 28.3. The van der Waals surface area contributed by atoms with Gasteiger partial charge in [0.2, 0.25) is 0 Å². The summed E-state index contributed by atoms with van der Waals surface area (Å²) in [6.07, 6.45) is 6.59. The molecule has 0 saturated heterocycles. The molecule has 2 atom stereocenters. The summed E-state index contributed by atoms with van der Waals surface area (Å²) in [5, 5.41) is 8.94. The maximum absolute atomic E-state index is 10.9. The Balaban J connectivity index is 1.47. The molecule has 1 saturated carbocycles. The lowest BCUT2D eigenvalue weighted by atomic mass is 9.83. The van der Waals surface area contributed by atoms with E-state index in [1.54, 1.807) is 0 Å². The van der Waals surface area contributed by atoms with Crippen molar-refractivity contribution in [2.75, 3.05) is 6.61 Å². The average Bonchev–Trinajstić information content (AvgIpc) is 3.23. The van der Waals surface area contributed by atoms with E-state index in [0.29, 0.717) is 11.7 Å². The molecule has 0 radical (unpaired) electrons. The van der Waals surface area contributed by atoms with E-state index >= 15 is 0 Å². The first-order valence-corrected chi connectivity index (χ1v) is 12.7. The SMILES string of the molecule is O=C(O)COc1cccc(CC2CCCCCC2c2nc(-c3ccccc3)c(-c3ccccc3)o2)c1. The van der Waals surface area contributed by atoms with E-state index in [2.05, 4.69) is 30.3 Å². The largest absolute Gasteiger partial charge is 0.482 e. The summed E-state index contributed by atoms with van der Waals surface area (Å²) >= 11 is 0. The van der Waals surface area contributed by atoms with Crippen LogP contribution in [0.25, 0.3) is 22.6 Å². The third-order valence-corrected chi connectivity index (χ3v) is 6.96. The first kappa shape index (κ1) is 23.9. The third-order valence-electron chi connectivity index (χ3n) is 6.96. The Morgan fingerprint density at radius 3 is 2.36 bits per heavy atom. The van der Waals surface area contributed by atoms with Crippen molar-refractivity contribution in [1.29, 1.82) is 0 Å². The molecular formula is C31H31NO4. The molecule has 5 heteroatoms. The molecule has 0 aliphatic heterocycles. The Morgan fingerprint density at radius 2 is 1.61 bits per heavy atom. The van der Waals surface area contributed by atoms with Crippen molar-refractivity contribution in [1.82, 2.24) is 4.98 Å². The highest BCUT2D eigenvalue weighted by Gasteiger charge is 2.31. The molecule has 3 aromatic carbocycles. The summed E-state index contributed by atoms with van der Waals surface area (Å²) in [4.78, 5) is 16.0. The Bertz CT molecular complexity index is 1230. The van der Waals surface area contributed by atoms with E-state index in [1.807, 2.05) is 54.6 Å². The predicted molar refractivity (Wildman–Crippen MR) is 140 cm³/mol. The molecule has 1 aromatic heterocycles. The quantitative estimate of drug-likeness (QED) is 0.266. The zero-order chi connectivity index (χ0) is 24.7. The van der Waals surface area contributed by atoms with Crippen LogP contribution in [0.15, 0.2) is 89.3 Å². The van der Waals surface area contributed by atoms with Gasteiger partial charge >= 0.3 is 5.97 Å². The Hall–Kier alpha value is -3.86. The molecule has 1 heterocycles. The van der Waals surface area contributed by atoms with Crippen LogP contribution in [0.1, 0.15) is 49.5 Å². The fourth-order valence-electron chi connectivity index (χ4n) is 5.24. The second-order valence-corrected chi connectivity index (χ2v) is 9.50. The number of hydrogen-bond donors (Lipinski definition) is 1. The van der Waals surface area contributed by atoms with Crippen LogP contribution in [-0.4, -0.2) is 22.7 Å². The number of aromatic nitrogens is 1. The van der Waals surface area contributed by atoms with E-state index in [1.165, 1.54) is 12.8 Å². The lowest BCUT2D eigenvalue weighted by Gasteiger charge is -2.23. The monoisotopic (exact) mass is 481 g/mol. The minimum absolute atomic E-state index is 0.219. The minimum atomic E-state index is -0.975. The standard InChI is InChI=1S/C31H31NO4/c33-28(34)21-35-26-17-10-11-22(20-26)19-25-16-8-3-9-18-27(25)31-32-29(23-12-4-1-5-13-23)30(36-31)24-14-6-2-7-15-24/h1-2,4-7,10-15,17,20,25,27H,3,8-9,16,18-19,21H2,(H,33,34).